The van der Waals surface area contributed by atoms with Crippen LogP contribution in [-0.4, -0.2) is 64.6 Å². The molecule has 0 unspecified atom stereocenters. The molecule has 1 aliphatic rings. The number of likely N-dealkylation sites (N-methyl/N-ethyl adjacent to an activating group) is 1. The molecule has 7 nitrogen and oxygen atoms in total. The number of anilines is 1. The van der Waals surface area contributed by atoms with Crippen LogP contribution in [0.15, 0.2) is 28.9 Å². The van der Waals surface area contributed by atoms with Crippen LogP contribution in [0.4, 0.5) is 10.5 Å². The summed E-state index contributed by atoms with van der Waals surface area (Å²) < 4.78 is 7.67. The number of ether oxygens (including phenoxy) is 1. The van der Waals surface area contributed by atoms with Gasteiger partial charge >= 0.3 is 6.09 Å². The van der Waals surface area contributed by atoms with Crippen LogP contribution >= 0.6 is 15.9 Å². The zero-order valence-electron chi connectivity index (χ0n) is 19.6. The Morgan fingerprint density at radius 1 is 1.03 bits per heavy atom. The van der Waals surface area contributed by atoms with Crippen molar-refractivity contribution in [3.8, 4) is 11.3 Å². The number of hydrogen-bond donors (Lipinski definition) is 0. The Morgan fingerprint density at radius 3 is 2.25 bits per heavy atom. The Bertz CT molecular complexity index is 1150. The molecule has 3 heterocycles. The highest BCUT2D eigenvalue weighted by Gasteiger charge is 2.23. The second-order valence-corrected chi connectivity index (χ2v) is 10.4. The van der Waals surface area contributed by atoms with Gasteiger partial charge in [-0.05, 0) is 86.9 Å². The molecule has 4 rings (SSSR count). The first-order chi connectivity index (χ1) is 15.0. The fourth-order valence-electron chi connectivity index (χ4n) is 4.21. The normalized spacial score (nSPS) is 15.4. The summed E-state index contributed by atoms with van der Waals surface area (Å²) in [5.41, 5.74) is 5.45. The van der Waals surface area contributed by atoms with E-state index in [4.69, 9.17) is 4.74 Å². The Morgan fingerprint density at radius 2 is 1.66 bits per heavy atom. The van der Waals surface area contributed by atoms with E-state index in [0.29, 0.717) is 5.65 Å². The molecule has 1 aliphatic heterocycles. The molecule has 0 aliphatic carbocycles. The van der Waals surface area contributed by atoms with E-state index in [-0.39, 0.29) is 0 Å². The number of halogens is 1. The van der Waals surface area contributed by atoms with Gasteiger partial charge in [0, 0.05) is 53.5 Å². The van der Waals surface area contributed by atoms with Crippen LogP contribution in [0.3, 0.4) is 0 Å². The maximum Gasteiger partial charge on any atom is 0.420 e. The summed E-state index contributed by atoms with van der Waals surface area (Å²) in [6, 6.07) is 6.32. The third kappa shape index (κ3) is 4.52. The number of rotatable bonds is 2. The van der Waals surface area contributed by atoms with E-state index < -0.39 is 11.7 Å². The molecule has 0 amide bonds. The average Bonchev–Trinajstić information content (AvgIpc) is 3.04. The summed E-state index contributed by atoms with van der Waals surface area (Å²) in [4.78, 5) is 17.4. The summed E-state index contributed by atoms with van der Waals surface area (Å²) in [7, 11) is 2.17. The molecule has 2 aromatic heterocycles. The molecular formula is C24H30BrN5O2. The first-order valence-electron chi connectivity index (χ1n) is 10.9. The van der Waals surface area contributed by atoms with Gasteiger partial charge < -0.3 is 14.5 Å². The highest BCUT2D eigenvalue weighted by atomic mass is 79.9. The smallest absolute Gasteiger partial charge is 0.420 e. The number of piperazine rings is 1. The van der Waals surface area contributed by atoms with Gasteiger partial charge in [-0.1, -0.05) is 0 Å². The molecular weight excluding hydrogens is 470 g/mol. The molecule has 1 saturated heterocycles. The highest BCUT2D eigenvalue weighted by molar-refractivity contribution is 9.10. The van der Waals surface area contributed by atoms with Crippen LogP contribution < -0.4 is 4.90 Å². The van der Waals surface area contributed by atoms with E-state index in [9.17, 15) is 4.79 Å². The van der Waals surface area contributed by atoms with Gasteiger partial charge in [0.1, 0.15) is 5.60 Å². The first-order valence-corrected chi connectivity index (χ1v) is 11.7. The number of fused-ring (bicyclic) bond motifs is 1. The predicted molar refractivity (Wildman–Crippen MR) is 131 cm³/mol. The van der Waals surface area contributed by atoms with Crippen molar-refractivity contribution in [1.82, 2.24) is 19.7 Å². The van der Waals surface area contributed by atoms with Gasteiger partial charge in [0.05, 0.1) is 5.69 Å². The van der Waals surface area contributed by atoms with Crippen LogP contribution in [0.1, 0.15) is 31.9 Å². The number of carbonyl (C=O) groups excluding carboxylic acids is 1. The van der Waals surface area contributed by atoms with Crippen molar-refractivity contribution in [3.05, 3.63) is 40.0 Å². The van der Waals surface area contributed by atoms with Crippen molar-refractivity contribution in [1.29, 1.82) is 0 Å². The monoisotopic (exact) mass is 499 g/mol. The molecule has 0 radical (unpaired) electrons. The van der Waals surface area contributed by atoms with Crippen molar-refractivity contribution < 1.29 is 9.53 Å². The Balaban J connectivity index is 1.68. The molecule has 0 atom stereocenters. The van der Waals surface area contributed by atoms with Crippen molar-refractivity contribution in [3.63, 3.8) is 0 Å². The Hall–Kier alpha value is -2.45. The second kappa shape index (κ2) is 8.48. The van der Waals surface area contributed by atoms with E-state index in [1.54, 1.807) is 6.20 Å². The predicted octanol–water partition coefficient (Wildman–Crippen LogP) is 5.01. The van der Waals surface area contributed by atoms with Gasteiger partial charge in [0.2, 0.25) is 0 Å². The maximum absolute atomic E-state index is 12.6. The molecule has 170 valence electrons. The second-order valence-electron chi connectivity index (χ2n) is 9.54. The minimum absolute atomic E-state index is 0.470. The van der Waals surface area contributed by atoms with Gasteiger partial charge in [-0.3, -0.25) is 0 Å². The zero-order chi connectivity index (χ0) is 23.2. The third-order valence-electron chi connectivity index (χ3n) is 5.70. The van der Waals surface area contributed by atoms with Crippen molar-refractivity contribution in [2.24, 2.45) is 0 Å². The van der Waals surface area contributed by atoms with Gasteiger partial charge in [0.15, 0.2) is 5.65 Å². The molecule has 0 N–H and O–H groups in total. The summed E-state index contributed by atoms with van der Waals surface area (Å²) in [5.74, 6) is 0. The van der Waals surface area contributed by atoms with Crippen molar-refractivity contribution in [2.45, 2.75) is 40.2 Å². The number of nitrogens with zero attached hydrogens (tertiary/aromatic N) is 5. The van der Waals surface area contributed by atoms with Crippen LogP contribution in [0.25, 0.3) is 22.3 Å². The minimum atomic E-state index is -0.589. The van der Waals surface area contributed by atoms with Crippen LogP contribution in [0.5, 0.6) is 0 Å². The van der Waals surface area contributed by atoms with Gasteiger partial charge in [-0.15, -0.1) is 10.2 Å². The van der Waals surface area contributed by atoms with Crippen LogP contribution in [0, 0.1) is 13.8 Å². The standard InChI is InChI=1S/C24H30BrN5O2/c1-15-11-17(12-16(2)21(15)29-9-7-28(6)8-10-29)20-13-18-19(25)14-30(22(18)27-26-20)23(31)32-24(3,4)5/h11-14H,7-10H2,1-6H3. The number of aromatic nitrogens is 3. The SMILES string of the molecule is Cc1cc(-c2cc3c(Br)cn(C(=O)OC(C)(C)C)c3nn2)cc(C)c1N1CCN(C)CC1. The molecule has 32 heavy (non-hydrogen) atoms. The largest absolute Gasteiger partial charge is 0.443 e. The van der Waals surface area contributed by atoms with E-state index in [1.807, 2.05) is 26.8 Å². The lowest BCUT2D eigenvalue weighted by Crippen LogP contribution is -2.45. The number of carbonyl (C=O) groups is 1. The lowest BCUT2D eigenvalue weighted by atomic mass is 10.0. The number of hydrogen-bond acceptors (Lipinski definition) is 6. The zero-order valence-corrected chi connectivity index (χ0v) is 21.2. The van der Waals surface area contributed by atoms with Crippen molar-refractivity contribution >= 4 is 38.7 Å². The molecule has 0 bridgehead atoms. The molecule has 1 aromatic carbocycles. The van der Waals surface area contributed by atoms with Gasteiger partial charge in [0.25, 0.3) is 0 Å². The molecule has 3 aromatic rings. The van der Waals surface area contributed by atoms with Crippen LogP contribution in [0.2, 0.25) is 0 Å². The summed E-state index contributed by atoms with van der Waals surface area (Å²) >= 11 is 3.56. The quantitative estimate of drug-likeness (QED) is 0.493. The van der Waals surface area contributed by atoms with E-state index in [2.05, 4.69) is 69.0 Å². The summed E-state index contributed by atoms with van der Waals surface area (Å²) in [6.45, 7) is 14.1. The summed E-state index contributed by atoms with van der Waals surface area (Å²) in [6.07, 6.45) is 1.21. The lowest BCUT2D eigenvalue weighted by molar-refractivity contribution is 0.0543. The molecule has 8 heteroatoms. The fraction of sp³-hybridized carbons (Fsp3) is 0.458. The van der Waals surface area contributed by atoms with E-state index in [0.717, 1.165) is 47.3 Å². The number of benzene rings is 1. The highest BCUT2D eigenvalue weighted by Crippen LogP contribution is 2.33. The maximum atomic E-state index is 12.6. The van der Waals surface area contributed by atoms with Crippen molar-refractivity contribution in [2.75, 3.05) is 38.1 Å². The third-order valence-corrected chi connectivity index (χ3v) is 6.33. The molecule has 0 saturated carbocycles. The molecule has 0 spiro atoms. The fourth-order valence-corrected chi connectivity index (χ4v) is 4.70. The topological polar surface area (TPSA) is 63.5 Å². The van der Waals surface area contributed by atoms with E-state index >= 15 is 0 Å². The number of aryl methyl sites for hydroxylation is 2. The summed E-state index contributed by atoms with van der Waals surface area (Å²) in [5, 5.41) is 9.64. The lowest BCUT2D eigenvalue weighted by Gasteiger charge is -2.36. The Labute approximate surface area is 197 Å². The average molecular weight is 500 g/mol. The van der Waals surface area contributed by atoms with E-state index in [1.165, 1.54) is 21.4 Å². The minimum Gasteiger partial charge on any atom is -0.443 e. The van der Waals surface area contributed by atoms with Gasteiger partial charge in [-0.2, -0.15) is 0 Å². The van der Waals surface area contributed by atoms with Gasteiger partial charge in [-0.25, -0.2) is 9.36 Å². The molecule has 1 fully saturated rings. The van der Waals surface area contributed by atoms with Crippen LogP contribution in [-0.2, 0) is 4.74 Å². The Kier molecular flexibility index (Phi) is 6.02. The first kappa shape index (κ1) is 22.7.